The summed E-state index contributed by atoms with van der Waals surface area (Å²) in [6.45, 7) is 0. The Bertz CT molecular complexity index is 1100. The topological polar surface area (TPSA) is 65.1 Å². The number of rotatable bonds is 3. The molecule has 0 aliphatic heterocycles. The van der Waals surface area contributed by atoms with E-state index < -0.39 is 5.82 Å². The second-order valence-corrected chi connectivity index (χ2v) is 6.00. The van der Waals surface area contributed by atoms with Crippen LogP contribution < -0.4 is 5.32 Å². The van der Waals surface area contributed by atoms with E-state index in [9.17, 15) is 14.3 Å². The van der Waals surface area contributed by atoms with Gasteiger partial charge in [-0.15, -0.1) is 0 Å². The number of hydrogen-bond donors (Lipinski definition) is 3. The van der Waals surface area contributed by atoms with Gasteiger partial charge in [0.15, 0.2) is 0 Å². The first-order chi connectivity index (χ1) is 12.6. The number of phenols is 1. The zero-order valence-electron chi connectivity index (χ0n) is 13.7. The van der Waals surface area contributed by atoms with Gasteiger partial charge in [0.05, 0.1) is 0 Å². The van der Waals surface area contributed by atoms with Crippen molar-refractivity contribution in [3.63, 3.8) is 0 Å². The fourth-order valence-electron chi connectivity index (χ4n) is 2.85. The Morgan fingerprint density at radius 1 is 0.923 bits per heavy atom. The second-order valence-electron chi connectivity index (χ2n) is 6.00. The predicted molar refractivity (Wildman–Crippen MR) is 99.8 cm³/mol. The van der Waals surface area contributed by atoms with Crippen molar-refractivity contribution in [2.24, 2.45) is 0 Å². The molecule has 4 aromatic rings. The van der Waals surface area contributed by atoms with E-state index in [1.165, 1.54) is 12.1 Å². The summed E-state index contributed by atoms with van der Waals surface area (Å²) in [6.07, 6.45) is 0. The Labute approximate surface area is 148 Å². The van der Waals surface area contributed by atoms with E-state index in [0.717, 1.165) is 22.0 Å². The van der Waals surface area contributed by atoms with Gasteiger partial charge in [-0.1, -0.05) is 30.3 Å². The third-order valence-corrected chi connectivity index (χ3v) is 4.15. The van der Waals surface area contributed by atoms with Crippen LogP contribution in [0.25, 0.3) is 22.0 Å². The number of amides is 1. The van der Waals surface area contributed by atoms with Crippen LogP contribution in [-0.2, 0) is 0 Å². The number of anilines is 1. The van der Waals surface area contributed by atoms with Crippen molar-refractivity contribution in [2.45, 2.75) is 0 Å². The maximum Gasteiger partial charge on any atom is 0.272 e. The average molecular weight is 346 g/mol. The predicted octanol–water partition coefficient (Wildman–Crippen LogP) is 4.93. The lowest BCUT2D eigenvalue weighted by atomic mass is 10.0. The highest BCUT2D eigenvalue weighted by Crippen LogP contribution is 2.26. The van der Waals surface area contributed by atoms with E-state index in [4.69, 9.17) is 0 Å². The fraction of sp³-hybridized carbons (Fsp3) is 0. The Hall–Kier alpha value is -3.60. The minimum absolute atomic E-state index is 0.214. The molecule has 1 aromatic heterocycles. The molecule has 0 radical (unpaired) electrons. The van der Waals surface area contributed by atoms with Crippen molar-refractivity contribution >= 4 is 22.5 Å². The molecule has 0 aliphatic rings. The summed E-state index contributed by atoms with van der Waals surface area (Å²) < 4.78 is 13.2. The lowest BCUT2D eigenvalue weighted by Crippen LogP contribution is -2.12. The van der Waals surface area contributed by atoms with Crippen LogP contribution in [0.2, 0.25) is 0 Å². The fourth-order valence-corrected chi connectivity index (χ4v) is 2.85. The SMILES string of the molecule is O=C(Nc1cccc(F)c1)c1cc2ccc(-c3ccc(O)cc3)cc2[nH]1. The largest absolute Gasteiger partial charge is 0.508 e. The zero-order chi connectivity index (χ0) is 18.1. The van der Waals surface area contributed by atoms with Crippen molar-refractivity contribution in [1.29, 1.82) is 0 Å². The van der Waals surface area contributed by atoms with Gasteiger partial charge in [-0.25, -0.2) is 4.39 Å². The lowest BCUT2D eigenvalue weighted by Gasteiger charge is -2.03. The molecule has 0 fully saturated rings. The van der Waals surface area contributed by atoms with Crippen molar-refractivity contribution in [1.82, 2.24) is 4.98 Å². The number of benzene rings is 3. The standard InChI is InChI=1S/C21H15FN2O2/c22-16-2-1-3-17(12-16)23-21(26)20-11-15-5-4-14(10-19(15)24-20)13-6-8-18(25)9-7-13/h1-12,24-25H,(H,23,26). The van der Waals surface area contributed by atoms with Gasteiger partial charge in [0.1, 0.15) is 17.3 Å². The number of aromatic amines is 1. The Morgan fingerprint density at radius 2 is 1.69 bits per heavy atom. The molecule has 0 aliphatic carbocycles. The van der Waals surface area contributed by atoms with Crippen LogP contribution in [0.1, 0.15) is 10.5 Å². The molecule has 0 spiro atoms. The highest BCUT2D eigenvalue weighted by molar-refractivity contribution is 6.06. The number of carbonyl (C=O) groups excluding carboxylic acids is 1. The van der Waals surface area contributed by atoms with E-state index in [1.54, 1.807) is 30.3 Å². The molecule has 0 bridgehead atoms. The Kier molecular flexibility index (Phi) is 3.89. The molecule has 4 nitrogen and oxygen atoms in total. The lowest BCUT2D eigenvalue weighted by molar-refractivity contribution is 0.102. The molecular formula is C21H15FN2O2. The minimum Gasteiger partial charge on any atom is -0.508 e. The summed E-state index contributed by atoms with van der Waals surface area (Å²) in [6, 6.07) is 20.3. The Morgan fingerprint density at radius 3 is 2.46 bits per heavy atom. The van der Waals surface area contributed by atoms with E-state index >= 15 is 0 Å². The number of aromatic nitrogens is 1. The van der Waals surface area contributed by atoms with Crippen LogP contribution in [0.3, 0.4) is 0 Å². The zero-order valence-corrected chi connectivity index (χ0v) is 13.7. The summed E-state index contributed by atoms with van der Waals surface area (Å²) in [5, 5.41) is 13.0. The molecule has 3 aromatic carbocycles. The van der Waals surface area contributed by atoms with Gasteiger partial charge in [0, 0.05) is 16.6 Å². The van der Waals surface area contributed by atoms with Gasteiger partial charge in [-0.2, -0.15) is 0 Å². The maximum atomic E-state index is 13.2. The normalized spacial score (nSPS) is 10.8. The molecule has 0 saturated heterocycles. The van der Waals surface area contributed by atoms with Gasteiger partial charge in [0.25, 0.3) is 5.91 Å². The molecule has 128 valence electrons. The van der Waals surface area contributed by atoms with Crippen LogP contribution in [0, 0.1) is 5.82 Å². The molecule has 3 N–H and O–H groups in total. The maximum absolute atomic E-state index is 13.2. The first-order valence-electron chi connectivity index (χ1n) is 8.07. The summed E-state index contributed by atoms with van der Waals surface area (Å²) in [5.41, 5.74) is 3.55. The summed E-state index contributed by atoms with van der Waals surface area (Å²) in [4.78, 5) is 15.5. The number of H-pyrrole nitrogens is 1. The number of fused-ring (bicyclic) bond motifs is 1. The van der Waals surface area contributed by atoms with Crippen LogP contribution in [0.4, 0.5) is 10.1 Å². The van der Waals surface area contributed by atoms with Gasteiger partial charge < -0.3 is 15.4 Å². The smallest absolute Gasteiger partial charge is 0.272 e. The molecule has 0 saturated carbocycles. The van der Waals surface area contributed by atoms with Crippen molar-refractivity contribution in [3.05, 3.63) is 84.3 Å². The van der Waals surface area contributed by atoms with Crippen LogP contribution in [0.15, 0.2) is 72.8 Å². The van der Waals surface area contributed by atoms with Crippen molar-refractivity contribution in [2.75, 3.05) is 5.32 Å². The van der Waals surface area contributed by atoms with E-state index in [-0.39, 0.29) is 11.7 Å². The van der Waals surface area contributed by atoms with Crippen LogP contribution in [0.5, 0.6) is 5.75 Å². The molecule has 0 atom stereocenters. The molecule has 5 heteroatoms. The molecule has 0 unspecified atom stereocenters. The number of hydrogen-bond acceptors (Lipinski definition) is 2. The monoisotopic (exact) mass is 346 g/mol. The van der Waals surface area contributed by atoms with E-state index in [0.29, 0.717) is 11.4 Å². The van der Waals surface area contributed by atoms with Gasteiger partial charge in [-0.05, 0) is 53.6 Å². The summed E-state index contributed by atoms with van der Waals surface area (Å²) in [5.74, 6) is -0.526. The van der Waals surface area contributed by atoms with Gasteiger partial charge in [0.2, 0.25) is 0 Å². The third kappa shape index (κ3) is 3.15. The average Bonchev–Trinajstić information content (AvgIpc) is 3.06. The number of halogens is 1. The Balaban J connectivity index is 1.63. The van der Waals surface area contributed by atoms with E-state index in [1.807, 2.05) is 30.3 Å². The second kappa shape index (κ2) is 6.37. The van der Waals surface area contributed by atoms with Crippen molar-refractivity contribution < 1.29 is 14.3 Å². The quantitative estimate of drug-likeness (QED) is 0.492. The number of aromatic hydroxyl groups is 1. The van der Waals surface area contributed by atoms with Crippen LogP contribution in [-0.4, -0.2) is 16.0 Å². The number of nitrogens with one attached hydrogen (secondary N) is 2. The first-order valence-corrected chi connectivity index (χ1v) is 8.07. The molecular weight excluding hydrogens is 331 g/mol. The highest BCUT2D eigenvalue weighted by Gasteiger charge is 2.11. The van der Waals surface area contributed by atoms with Crippen molar-refractivity contribution in [3.8, 4) is 16.9 Å². The number of phenolic OH excluding ortho intramolecular Hbond substituents is 1. The summed E-state index contributed by atoms with van der Waals surface area (Å²) in [7, 11) is 0. The number of carbonyl (C=O) groups is 1. The summed E-state index contributed by atoms with van der Waals surface area (Å²) >= 11 is 0. The van der Waals surface area contributed by atoms with Crippen LogP contribution >= 0.6 is 0 Å². The molecule has 1 heterocycles. The van der Waals surface area contributed by atoms with E-state index in [2.05, 4.69) is 10.3 Å². The minimum atomic E-state index is -0.405. The van der Waals surface area contributed by atoms with Gasteiger partial charge in [-0.3, -0.25) is 4.79 Å². The highest BCUT2D eigenvalue weighted by atomic mass is 19.1. The van der Waals surface area contributed by atoms with Gasteiger partial charge >= 0.3 is 0 Å². The first kappa shape index (κ1) is 15.9. The molecule has 26 heavy (non-hydrogen) atoms. The molecule has 4 rings (SSSR count). The molecule has 1 amide bonds. The third-order valence-electron chi connectivity index (χ3n) is 4.15.